The van der Waals surface area contributed by atoms with Crippen LogP contribution in [0.5, 0.6) is 5.75 Å². The Morgan fingerprint density at radius 3 is 2.58 bits per heavy atom. The lowest BCUT2D eigenvalue weighted by molar-refractivity contribution is -0.108. The normalized spacial score (nSPS) is 13.3. The van der Waals surface area contributed by atoms with Crippen LogP contribution in [0, 0.1) is 6.92 Å². The van der Waals surface area contributed by atoms with Crippen molar-refractivity contribution in [3.05, 3.63) is 83.2 Å². The number of aryl methyl sites for hydroxylation is 1. The van der Waals surface area contributed by atoms with E-state index in [0.29, 0.717) is 24.3 Å². The molecule has 0 radical (unpaired) electrons. The first-order chi connectivity index (χ1) is 16.0. The largest absolute Gasteiger partial charge is 0.497 e. The Morgan fingerprint density at radius 1 is 1.15 bits per heavy atom. The summed E-state index contributed by atoms with van der Waals surface area (Å²) in [5.41, 5.74) is 5.20. The maximum absolute atomic E-state index is 13.0. The minimum Gasteiger partial charge on any atom is -0.497 e. The van der Waals surface area contributed by atoms with Crippen molar-refractivity contribution in [2.75, 3.05) is 13.7 Å². The standard InChI is InChI=1S/C25H24N4O4/c1-16-3-4-19(12-26-16)17-5-7-18(8-6-17)23(28-25(32)27-15-30)14-29-13-20-9-10-21(33-2)11-22(20)24(29)31/h3-12,15,23H,13-14H2,1-2H3,(H2,27,28,30,32)/t23-/m0/s1. The number of urea groups is 1. The summed E-state index contributed by atoms with van der Waals surface area (Å²) in [6, 6.07) is 15.9. The maximum atomic E-state index is 13.0. The van der Waals surface area contributed by atoms with E-state index in [9.17, 15) is 14.4 Å². The van der Waals surface area contributed by atoms with Crippen LogP contribution in [0.1, 0.15) is 33.2 Å². The molecule has 8 nitrogen and oxygen atoms in total. The highest BCUT2D eigenvalue weighted by atomic mass is 16.5. The van der Waals surface area contributed by atoms with E-state index < -0.39 is 12.1 Å². The Kier molecular flexibility index (Phi) is 6.35. The van der Waals surface area contributed by atoms with E-state index >= 15 is 0 Å². The van der Waals surface area contributed by atoms with Crippen LogP contribution in [0.15, 0.2) is 60.8 Å². The third-order valence-electron chi connectivity index (χ3n) is 5.65. The number of hydrogen-bond acceptors (Lipinski definition) is 5. The van der Waals surface area contributed by atoms with Gasteiger partial charge in [-0.2, -0.15) is 0 Å². The Hall–Kier alpha value is -4.20. The molecular weight excluding hydrogens is 420 g/mol. The molecule has 2 aromatic carbocycles. The van der Waals surface area contributed by atoms with Gasteiger partial charge in [-0.3, -0.25) is 19.9 Å². The number of pyridine rings is 1. The smallest absolute Gasteiger partial charge is 0.321 e. The van der Waals surface area contributed by atoms with Crippen LogP contribution in [0.3, 0.4) is 0 Å². The number of rotatable bonds is 7. The van der Waals surface area contributed by atoms with E-state index in [-0.39, 0.29) is 12.5 Å². The Balaban J connectivity index is 1.56. The first-order valence-electron chi connectivity index (χ1n) is 10.5. The first-order valence-corrected chi connectivity index (χ1v) is 10.5. The number of ether oxygens (including phenoxy) is 1. The molecule has 0 fully saturated rings. The highest BCUT2D eigenvalue weighted by molar-refractivity contribution is 5.98. The number of hydrogen-bond donors (Lipinski definition) is 2. The monoisotopic (exact) mass is 444 g/mol. The van der Waals surface area contributed by atoms with Crippen molar-refractivity contribution in [2.45, 2.75) is 19.5 Å². The lowest BCUT2D eigenvalue weighted by Crippen LogP contribution is -2.42. The Morgan fingerprint density at radius 2 is 1.91 bits per heavy atom. The van der Waals surface area contributed by atoms with Gasteiger partial charge in [-0.25, -0.2) is 4.79 Å². The lowest BCUT2D eigenvalue weighted by atomic mass is 10.0. The Bertz CT molecular complexity index is 1180. The quantitative estimate of drug-likeness (QED) is 0.545. The fourth-order valence-electron chi connectivity index (χ4n) is 3.87. The summed E-state index contributed by atoms with van der Waals surface area (Å²) in [6.07, 6.45) is 2.13. The zero-order chi connectivity index (χ0) is 23.4. The van der Waals surface area contributed by atoms with Gasteiger partial charge in [-0.05, 0) is 41.8 Å². The van der Waals surface area contributed by atoms with E-state index in [1.807, 2.05) is 61.7 Å². The van der Waals surface area contributed by atoms with Crippen LogP contribution in [0.4, 0.5) is 4.79 Å². The zero-order valence-electron chi connectivity index (χ0n) is 18.4. The van der Waals surface area contributed by atoms with Crippen molar-refractivity contribution in [1.82, 2.24) is 20.5 Å². The number of amides is 4. The predicted octanol–water partition coefficient (Wildman–Crippen LogP) is 3.22. The third-order valence-corrected chi connectivity index (χ3v) is 5.65. The molecule has 3 aromatic rings. The van der Waals surface area contributed by atoms with Crippen LogP contribution in [-0.2, 0) is 11.3 Å². The predicted molar refractivity (Wildman–Crippen MR) is 123 cm³/mol. The van der Waals surface area contributed by atoms with Gasteiger partial charge in [0.2, 0.25) is 6.41 Å². The van der Waals surface area contributed by atoms with E-state index in [1.54, 1.807) is 18.1 Å². The summed E-state index contributed by atoms with van der Waals surface area (Å²) in [7, 11) is 1.56. The molecule has 0 saturated carbocycles. The molecular formula is C25H24N4O4. The molecule has 0 unspecified atom stereocenters. The molecule has 0 aliphatic carbocycles. The van der Waals surface area contributed by atoms with Crippen molar-refractivity contribution in [3.8, 4) is 16.9 Å². The van der Waals surface area contributed by atoms with Crippen LogP contribution in [0.2, 0.25) is 0 Å². The highest BCUT2D eigenvalue weighted by Gasteiger charge is 2.30. The molecule has 0 spiro atoms. The number of benzene rings is 2. The van der Waals surface area contributed by atoms with Crippen molar-refractivity contribution in [3.63, 3.8) is 0 Å². The van der Waals surface area contributed by atoms with Crippen LogP contribution >= 0.6 is 0 Å². The van der Waals surface area contributed by atoms with E-state index in [1.165, 1.54) is 0 Å². The van der Waals surface area contributed by atoms with Gasteiger partial charge in [-0.15, -0.1) is 0 Å². The maximum Gasteiger partial charge on any atom is 0.321 e. The molecule has 1 aliphatic rings. The minimum atomic E-state index is -0.632. The average molecular weight is 444 g/mol. The SMILES string of the molecule is COc1ccc2c(c1)C(=O)N(C[C@H](NC(=O)NC=O)c1ccc(-c3ccc(C)nc3)cc1)C2. The minimum absolute atomic E-state index is 0.131. The number of nitrogens with one attached hydrogen (secondary N) is 2. The van der Waals surface area contributed by atoms with Crippen molar-refractivity contribution in [1.29, 1.82) is 0 Å². The Labute approximate surface area is 191 Å². The fourth-order valence-corrected chi connectivity index (χ4v) is 3.87. The second-order valence-corrected chi connectivity index (χ2v) is 7.81. The molecule has 33 heavy (non-hydrogen) atoms. The number of carbonyl (C=O) groups excluding carboxylic acids is 3. The first kappa shape index (κ1) is 22.0. The van der Waals surface area contributed by atoms with Gasteiger partial charge in [0.15, 0.2) is 0 Å². The van der Waals surface area contributed by atoms with Gasteiger partial charge in [-0.1, -0.05) is 36.4 Å². The van der Waals surface area contributed by atoms with Crippen molar-refractivity contribution >= 4 is 18.3 Å². The number of nitrogens with zero attached hydrogens (tertiary/aromatic N) is 2. The summed E-state index contributed by atoms with van der Waals surface area (Å²) in [4.78, 5) is 41.8. The van der Waals surface area contributed by atoms with E-state index in [0.717, 1.165) is 27.9 Å². The molecule has 1 atom stereocenters. The molecule has 2 heterocycles. The molecule has 8 heteroatoms. The van der Waals surface area contributed by atoms with Gasteiger partial charge in [0.25, 0.3) is 5.91 Å². The van der Waals surface area contributed by atoms with E-state index in [4.69, 9.17) is 4.74 Å². The van der Waals surface area contributed by atoms with E-state index in [2.05, 4.69) is 15.6 Å². The number of methoxy groups -OCH3 is 1. The van der Waals surface area contributed by atoms with Gasteiger partial charge < -0.3 is 15.0 Å². The molecule has 4 amide bonds. The third kappa shape index (κ3) is 4.85. The van der Waals surface area contributed by atoms with Crippen LogP contribution in [-0.4, -0.2) is 41.9 Å². The molecule has 2 N–H and O–H groups in total. The van der Waals surface area contributed by atoms with Crippen LogP contribution in [0.25, 0.3) is 11.1 Å². The van der Waals surface area contributed by atoms with Crippen LogP contribution < -0.4 is 15.4 Å². The van der Waals surface area contributed by atoms with Gasteiger partial charge in [0.05, 0.1) is 13.2 Å². The van der Waals surface area contributed by atoms with Gasteiger partial charge in [0, 0.05) is 36.1 Å². The molecule has 4 rings (SSSR count). The number of aromatic nitrogens is 1. The topological polar surface area (TPSA) is 101 Å². The lowest BCUT2D eigenvalue weighted by Gasteiger charge is -2.25. The second-order valence-electron chi connectivity index (χ2n) is 7.81. The van der Waals surface area contributed by atoms with Crippen molar-refractivity contribution < 1.29 is 19.1 Å². The second kappa shape index (κ2) is 9.52. The number of carbonyl (C=O) groups is 3. The summed E-state index contributed by atoms with van der Waals surface area (Å²) in [5.74, 6) is 0.485. The number of imide groups is 1. The summed E-state index contributed by atoms with van der Waals surface area (Å²) in [5, 5.41) is 4.88. The molecule has 1 aliphatic heterocycles. The molecule has 1 aromatic heterocycles. The zero-order valence-corrected chi connectivity index (χ0v) is 18.4. The average Bonchev–Trinajstić information content (AvgIpc) is 3.14. The number of fused-ring (bicyclic) bond motifs is 1. The van der Waals surface area contributed by atoms with Gasteiger partial charge in [0.1, 0.15) is 5.75 Å². The van der Waals surface area contributed by atoms with Crippen molar-refractivity contribution in [2.24, 2.45) is 0 Å². The molecule has 0 saturated heterocycles. The summed E-state index contributed by atoms with van der Waals surface area (Å²) >= 11 is 0. The fraction of sp³-hybridized carbons (Fsp3) is 0.200. The summed E-state index contributed by atoms with van der Waals surface area (Å²) in [6.45, 7) is 2.60. The molecule has 168 valence electrons. The summed E-state index contributed by atoms with van der Waals surface area (Å²) < 4.78 is 5.23. The molecule has 0 bridgehead atoms. The highest BCUT2D eigenvalue weighted by Crippen LogP contribution is 2.29. The van der Waals surface area contributed by atoms with Gasteiger partial charge >= 0.3 is 6.03 Å².